The van der Waals surface area contributed by atoms with Crippen LogP contribution in [0.4, 0.5) is 0 Å². The topological polar surface area (TPSA) is 45.4 Å². The van der Waals surface area contributed by atoms with Crippen LogP contribution in [0.25, 0.3) is 0 Å². The number of hydrogen-bond donors (Lipinski definition) is 2. The maximum atomic E-state index is 9.95. The fourth-order valence-corrected chi connectivity index (χ4v) is 2.26. The van der Waals surface area contributed by atoms with E-state index in [1.807, 2.05) is 0 Å². The summed E-state index contributed by atoms with van der Waals surface area (Å²) in [5.74, 6) is 0.508. The average Bonchev–Trinajstić information content (AvgIpc) is 2.51. The van der Waals surface area contributed by atoms with Crippen molar-refractivity contribution in [1.29, 1.82) is 0 Å². The minimum atomic E-state index is 0.254. The van der Waals surface area contributed by atoms with Gasteiger partial charge in [0.25, 0.3) is 0 Å². The molecule has 0 amide bonds. The first-order valence-corrected chi connectivity index (χ1v) is 5.48. The first-order valence-electron chi connectivity index (χ1n) is 5.48. The molecule has 0 spiro atoms. The second kappa shape index (κ2) is 4.01. The predicted octanol–water partition coefficient (Wildman–Crippen LogP) is 2.35. The van der Waals surface area contributed by atoms with E-state index < -0.39 is 0 Å². The molecule has 0 aliphatic heterocycles. The van der Waals surface area contributed by atoms with Crippen molar-refractivity contribution in [3.8, 4) is 11.8 Å². The van der Waals surface area contributed by atoms with Gasteiger partial charge in [0, 0.05) is 17.7 Å². The van der Waals surface area contributed by atoms with Crippen LogP contribution in [0.1, 0.15) is 30.4 Å². The largest absolute Gasteiger partial charge is 0.494 e. The van der Waals surface area contributed by atoms with Crippen LogP contribution in [-0.2, 0) is 19.4 Å². The average molecular weight is 207 g/mol. The zero-order chi connectivity index (χ0) is 10.8. The van der Waals surface area contributed by atoms with E-state index >= 15 is 0 Å². The Morgan fingerprint density at radius 3 is 2.13 bits per heavy atom. The zero-order valence-corrected chi connectivity index (χ0v) is 8.87. The van der Waals surface area contributed by atoms with Crippen LogP contribution < -0.4 is 0 Å². The molecule has 1 aliphatic rings. The fourth-order valence-electron chi connectivity index (χ4n) is 2.26. The molecule has 1 aromatic heterocycles. The summed E-state index contributed by atoms with van der Waals surface area (Å²) < 4.78 is 1.59. The number of hydrogen-bond acceptors (Lipinski definition) is 2. The minimum absolute atomic E-state index is 0.254. The normalized spacial score (nSPS) is 14.9. The van der Waals surface area contributed by atoms with Crippen molar-refractivity contribution in [3.63, 3.8) is 0 Å². The van der Waals surface area contributed by atoms with E-state index in [0.717, 1.165) is 43.2 Å². The highest BCUT2D eigenvalue weighted by Crippen LogP contribution is 2.38. The van der Waals surface area contributed by atoms with Crippen LogP contribution >= 0.6 is 0 Å². The second-order valence-electron chi connectivity index (χ2n) is 4.04. The first-order chi connectivity index (χ1) is 7.25. The Labute approximate surface area is 89.7 Å². The highest BCUT2D eigenvalue weighted by Gasteiger charge is 2.23. The van der Waals surface area contributed by atoms with Gasteiger partial charge in [-0.25, -0.2) is 0 Å². The Kier molecular flexibility index (Phi) is 2.71. The molecule has 2 N–H and O–H groups in total. The number of rotatable bonds is 3. The number of nitrogens with zero attached hydrogens (tertiary/aromatic N) is 1. The smallest absolute Gasteiger partial charge is 0.197 e. The van der Waals surface area contributed by atoms with E-state index in [-0.39, 0.29) is 11.8 Å². The highest BCUT2D eigenvalue weighted by molar-refractivity contribution is 5.46. The van der Waals surface area contributed by atoms with Crippen LogP contribution in [0.15, 0.2) is 12.7 Å². The Morgan fingerprint density at radius 2 is 1.67 bits per heavy atom. The molecule has 1 aliphatic carbocycles. The fraction of sp³-hybridized carbons (Fsp3) is 0.500. The van der Waals surface area contributed by atoms with Gasteiger partial charge in [0.15, 0.2) is 11.8 Å². The van der Waals surface area contributed by atoms with E-state index in [2.05, 4.69) is 6.58 Å². The number of allylic oxidation sites excluding steroid dienone is 1. The lowest BCUT2D eigenvalue weighted by molar-refractivity contribution is 0.366. The Hall–Kier alpha value is -1.38. The standard InChI is InChI=1S/C12H17NO2/c1-2-3-8-13-11(14)9-6-4-5-7-10(9)12(13)15/h2,14-15H,1,3-8H2. The van der Waals surface area contributed by atoms with E-state index in [1.165, 1.54) is 0 Å². The molecule has 0 saturated carbocycles. The Balaban J connectivity index is 2.37. The third-order valence-corrected chi connectivity index (χ3v) is 3.08. The molecule has 0 bridgehead atoms. The number of aromatic nitrogens is 1. The molecule has 0 radical (unpaired) electrons. The molecule has 3 nitrogen and oxygen atoms in total. The SMILES string of the molecule is C=CCCn1c(O)c2c(c1O)CCCC2. The number of aromatic hydroxyl groups is 2. The summed E-state index contributed by atoms with van der Waals surface area (Å²) >= 11 is 0. The van der Waals surface area contributed by atoms with Gasteiger partial charge in [-0.05, 0) is 32.1 Å². The highest BCUT2D eigenvalue weighted by atomic mass is 16.3. The van der Waals surface area contributed by atoms with E-state index in [1.54, 1.807) is 10.6 Å². The summed E-state index contributed by atoms with van der Waals surface area (Å²) in [5, 5.41) is 19.9. The molecule has 0 aromatic carbocycles. The van der Waals surface area contributed by atoms with Crippen molar-refractivity contribution in [1.82, 2.24) is 4.57 Å². The molecule has 0 unspecified atom stereocenters. The minimum Gasteiger partial charge on any atom is -0.494 e. The van der Waals surface area contributed by atoms with Crippen LogP contribution in [-0.4, -0.2) is 14.8 Å². The second-order valence-corrected chi connectivity index (χ2v) is 4.04. The van der Waals surface area contributed by atoms with E-state index in [0.29, 0.717) is 6.54 Å². The summed E-state index contributed by atoms with van der Waals surface area (Å²) in [6.45, 7) is 4.25. The zero-order valence-electron chi connectivity index (χ0n) is 8.87. The van der Waals surface area contributed by atoms with E-state index in [4.69, 9.17) is 0 Å². The third-order valence-electron chi connectivity index (χ3n) is 3.08. The molecular formula is C12H17NO2. The van der Waals surface area contributed by atoms with Gasteiger partial charge in [0.2, 0.25) is 0 Å². The van der Waals surface area contributed by atoms with Crippen LogP contribution in [0.3, 0.4) is 0 Å². The van der Waals surface area contributed by atoms with Crippen molar-refractivity contribution >= 4 is 0 Å². The molecule has 0 atom stereocenters. The van der Waals surface area contributed by atoms with Crippen molar-refractivity contribution in [2.75, 3.05) is 0 Å². The molecule has 0 saturated heterocycles. The summed E-state index contributed by atoms with van der Waals surface area (Å²) in [7, 11) is 0. The monoisotopic (exact) mass is 207 g/mol. The molecule has 1 aromatic rings. The number of fused-ring (bicyclic) bond motifs is 1. The molecule has 3 heteroatoms. The van der Waals surface area contributed by atoms with Gasteiger partial charge >= 0.3 is 0 Å². The third kappa shape index (κ3) is 1.62. The van der Waals surface area contributed by atoms with Gasteiger partial charge in [-0.3, -0.25) is 4.57 Å². The molecule has 1 heterocycles. The van der Waals surface area contributed by atoms with Crippen LogP contribution in [0, 0.1) is 0 Å². The Morgan fingerprint density at radius 1 is 1.13 bits per heavy atom. The van der Waals surface area contributed by atoms with Crippen molar-refractivity contribution in [3.05, 3.63) is 23.8 Å². The maximum absolute atomic E-state index is 9.95. The van der Waals surface area contributed by atoms with Gasteiger partial charge < -0.3 is 10.2 Å². The van der Waals surface area contributed by atoms with Crippen molar-refractivity contribution < 1.29 is 10.2 Å². The lowest BCUT2D eigenvalue weighted by Gasteiger charge is -2.09. The Bertz CT molecular complexity index is 350. The predicted molar refractivity (Wildman–Crippen MR) is 59.2 cm³/mol. The quantitative estimate of drug-likeness (QED) is 0.747. The molecule has 0 fully saturated rings. The van der Waals surface area contributed by atoms with Gasteiger partial charge in [-0.2, -0.15) is 0 Å². The van der Waals surface area contributed by atoms with Gasteiger partial charge in [-0.1, -0.05) is 6.08 Å². The summed E-state index contributed by atoms with van der Waals surface area (Å²) in [5.41, 5.74) is 1.89. The summed E-state index contributed by atoms with van der Waals surface area (Å²) in [6.07, 6.45) is 6.52. The molecule has 15 heavy (non-hydrogen) atoms. The van der Waals surface area contributed by atoms with Gasteiger partial charge in [0.05, 0.1) is 0 Å². The lowest BCUT2D eigenvalue weighted by Crippen LogP contribution is -1.98. The maximum Gasteiger partial charge on any atom is 0.197 e. The summed E-state index contributed by atoms with van der Waals surface area (Å²) in [6, 6.07) is 0. The van der Waals surface area contributed by atoms with E-state index in [9.17, 15) is 10.2 Å². The molecule has 2 rings (SSSR count). The van der Waals surface area contributed by atoms with Crippen molar-refractivity contribution in [2.24, 2.45) is 0 Å². The van der Waals surface area contributed by atoms with Crippen molar-refractivity contribution in [2.45, 2.75) is 38.6 Å². The van der Waals surface area contributed by atoms with Gasteiger partial charge in [-0.15, -0.1) is 6.58 Å². The van der Waals surface area contributed by atoms with Gasteiger partial charge in [0.1, 0.15) is 0 Å². The first kappa shape index (κ1) is 10.1. The summed E-state index contributed by atoms with van der Waals surface area (Å²) in [4.78, 5) is 0. The van der Waals surface area contributed by atoms with Crippen LogP contribution in [0.5, 0.6) is 11.8 Å². The molecule has 82 valence electrons. The molecular weight excluding hydrogens is 190 g/mol. The van der Waals surface area contributed by atoms with Crippen LogP contribution in [0.2, 0.25) is 0 Å². The lowest BCUT2D eigenvalue weighted by atomic mass is 9.95.